The lowest BCUT2D eigenvalue weighted by Crippen LogP contribution is -1.96. The van der Waals surface area contributed by atoms with Crippen LogP contribution in [0.3, 0.4) is 0 Å². The summed E-state index contributed by atoms with van der Waals surface area (Å²) in [5.41, 5.74) is 10.3. The minimum absolute atomic E-state index is 0.701. The zero-order valence-corrected chi connectivity index (χ0v) is 28.3. The molecule has 10 rings (SSSR count). The molecule has 0 bridgehead atoms. The van der Waals surface area contributed by atoms with E-state index in [1.807, 2.05) is 35.6 Å². The summed E-state index contributed by atoms with van der Waals surface area (Å²) in [4.78, 5) is 15.7. The van der Waals surface area contributed by atoms with Gasteiger partial charge in [-0.1, -0.05) is 152 Å². The third-order valence-electron chi connectivity index (χ3n) is 9.69. The summed E-state index contributed by atoms with van der Waals surface area (Å²) >= 11 is 1.84. The molecule has 0 fully saturated rings. The van der Waals surface area contributed by atoms with E-state index in [0.717, 1.165) is 50.2 Å². The molecule has 0 N–H and O–H groups in total. The van der Waals surface area contributed by atoms with Gasteiger partial charge in [-0.15, -0.1) is 11.3 Å². The Hall–Kier alpha value is -6.49. The van der Waals surface area contributed by atoms with Crippen molar-refractivity contribution in [3.63, 3.8) is 0 Å². The van der Waals surface area contributed by atoms with Gasteiger partial charge in [-0.3, -0.25) is 0 Å². The zero-order valence-electron chi connectivity index (χ0n) is 27.5. The minimum atomic E-state index is 0.701. The summed E-state index contributed by atoms with van der Waals surface area (Å²) in [6.07, 6.45) is 0. The third-order valence-corrected chi connectivity index (χ3v) is 10.9. The van der Waals surface area contributed by atoms with E-state index in [4.69, 9.17) is 15.0 Å². The quantitative estimate of drug-likeness (QED) is 0.183. The van der Waals surface area contributed by atoms with Crippen LogP contribution in [-0.2, 0) is 0 Å². The molecule has 3 aromatic heterocycles. The van der Waals surface area contributed by atoms with Crippen LogP contribution in [0, 0.1) is 0 Å². The number of nitrogens with zero attached hydrogens (tertiary/aromatic N) is 3. The molecule has 0 radical (unpaired) electrons. The maximum absolute atomic E-state index is 5.42. The molecule has 0 aliphatic rings. The lowest BCUT2D eigenvalue weighted by Gasteiger charge is -2.13. The highest BCUT2D eigenvalue weighted by molar-refractivity contribution is 7.26. The molecule has 3 nitrogen and oxygen atoms in total. The first kappa shape index (κ1) is 29.4. The second-order valence-corrected chi connectivity index (χ2v) is 13.8. The molecule has 0 saturated carbocycles. The van der Waals surface area contributed by atoms with E-state index in [1.54, 1.807) is 0 Å². The van der Waals surface area contributed by atoms with Crippen LogP contribution >= 0.6 is 11.3 Å². The van der Waals surface area contributed by atoms with Crippen molar-refractivity contribution < 1.29 is 0 Å². The molecule has 0 unspecified atom stereocenters. The van der Waals surface area contributed by atoms with E-state index < -0.39 is 0 Å². The molecular weight excluding hydrogens is 639 g/mol. The first-order valence-corrected chi connectivity index (χ1v) is 17.9. The molecule has 0 atom stereocenters. The van der Waals surface area contributed by atoms with E-state index in [0.29, 0.717) is 5.82 Å². The normalized spacial score (nSPS) is 11.5. The van der Waals surface area contributed by atoms with E-state index in [9.17, 15) is 0 Å². The maximum Gasteiger partial charge on any atom is 0.160 e. The fraction of sp³-hybridized carbons (Fsp3) is 0. The molecular formula is C47H29N3S. The second-order valence-electron chi connectivity index (χ2n) is 12.8. The Kier molecular flexibility index (Phi) is 7.00. The van der Waals surface area contributed by atoms with E-state index in [1.165, 1.54) is 42.1 Å². The number of hydrogen-bond acceptors (Lipinski definition) is 4. The Morgan fingerprint density at radius 1 is 0.392 bits per heavy atom. The number of rotatable bonds is 5. The summed E-state index contributed by atoms with van der Waals surface area (Å²) in [7, 11) is 0. The molecule has 51 heavy (non-hydrogen) atoms. The van der Waals surface area contributed by atoms with Crippen molar-refractivity contribution >= 4 is 53.2 Å². The van der Waals surface area contributed by atoms with Gasteiger partial charge >= 0.3 is 0 Å². The molecule has 7 aromatic carbocycles. The molecule has 0 spiro atoms. The van der Waals surface area contributed by atoms with Crippen LogP contribution in [0.1, 0.15) is 0 Å². The summed E-state index contributed by atoms with van der Waals surface area (Å²) < 4.78 is 2.49. The molecule has 0 aliphatic heterocycles. The van der Waals surface area contributed by atoms with Crippen molar-refractivity contribution in [2.45, 2.75) is 0 Å². The van der Waals surface area contributed by atoms with E-state index >= 15 is 0 Å². The molecule has 0 amide bonds. The standard InChI is InChI=1S/C47H29N3S/c1-3-12-30(13-4-1)31-22-24-33(25-23-31)41-29-42(50-47(49-41)34-15-5-2-6-16-34)35-26-27-40-39(28-35)46-44(38-19-9-10-21-43(38)51-46)45(48-40)37-20-11-17-32-14-7-8-18-36(32)37/h1-29H. The van der Waals surface area contributed by atoms with Crippen molar-refractivity contribution in [3.05, 3.63) is 176 Å². The van der Waals surface area contributed by atoms with Crippen LogP contribution in [-0.4, -0.2) is 15.0 Å². The van der Waals surface area contributed by atoms with Crippen LogP contribution < -0.4 is 0 Å². The van der Waals surface area contributed by atoms with Crippen LogP contribution in [0.2, 0.25) is 0 Å². The first-order chi connectivity index (χ1) is 25.3. The van der Waals surface area contributed by atoms with Crippen LogP contribution in [0.15, 0.2) is 176 Å². The predicted octanol–water partition coefficient (Wildman–Crippen LogP) is 12.9. The van der Waals surface area contributed by atoms with Crippen LogP contribution in [0.5, 0.6) is 0 Å². The number of aromatic nitrogens is 3. The highest BCUT2D eigenvalue weighted by atomic mass is 32.1. The highest BCUT2D eigenvalue weighted by Crippen LogP contribution is 2.45. The Morgan fingerprint density at radius 3 is 1.80 bits per heavy atom. The average molecular weight is 668 g/mol. The number of fused-ring (bicyclic) bond motifs is 6. The Morgan fingerprint density at radius 2 is 1.00 bits per heavy atom. The molecule has 10 aromatic rings. The van der Waals surface area contributed by atoms with Gasteiger partial charge in [-0.2, -0.15) is 0 Å². The summed E-state index contributed by atoms with van der Waals surface area (Å²) in [5, 5.41) is 5.97. The lowest BCUT2D eigenvalue weighted by atomic mass is 9.97. The molecule has 0 aliphatic carbocycles. The van der Waals surface area contributed by atoms with Crippen molar-refractivity contribution in [1.82, 2.24) is 15.0 Å². The molecule has 238 valence electrons. The summed E-state index contributed by atoms with van der Waals surface area (Å²) in [6, 6.07) is 61.8. The van der Waals surface area contributed by atoms with Gasteiger partial charge in [0.15, 0.2) is 5.82 Å². The summed E-state index contributed by atoms with van der Waals surface area (Å²) in [5.74, 6) is 0.701. The smallest absolute Gasteiger partial charge is 0.160 e. The maximum atomic E-state index is 5.42. The predicted molar refractivity (Wildman–Crippen MR) is 215 cm³/mol. The molecule has 4 heteroatoms. The minimum Gasteiger partial charge on any atom is -0.247 e. The monoisotopic (exact) mass is 667 g/mol. The fourth-order valence-electron chi connectivity index (χ4n) is 7.17. The van der Waals surface area contributed by atoms with E-state index in [-0.39, 0.29) is 0 Å². The number of thiophene rings is 1. The van der Waals surface area contributed by atoms with Gasteiger partial charge < -0.3 is 0 Å². The van der Waals surface area contributed by atoms with Gasteiger partial charge in [-0.05, 0) is 46.2 Å². The van der Waals surface area contributed by atoms with Crippen molar-refractivity contribution in [3.8, 4) is 56.3 Å². The van der Waals surface area contributed by atoms with Crippen molar-refractivity contribution in [2.24, 2.45) is 0 Å². The average Bonchev–Trinajstić information content (AvgIpc) is 3.61. The van der Waals surface area contributed by atoms with Crippen LogP contribution in [0.25, 0.3) is 98.1 Å². The van der Waals surface area contributed by atoms with Gasteiger partial charge in [0.05, 0.1) is 22.6 Å². The van der Waals surface area contributed by atoms with Crippen molar-refractivity contribution in [1.29, 1.82) is 0 Å². The number of pyridine rings is 1. The first-order valence-electron chi connectivity index (χ1n) is 17.1. The van der Waals surface area contributed by atoms with Gasteiger partial charge in [0.25, 0.3) is 0 Å². The van der Waals surface area contributed by atoms with Crippen LogP contribution in [0.4, 0.5) is 0 Å². The van der Waals surface area contributed by atoms with Gasteiger partial charge in [0.1, 0.15) is 0 Å². The van der Waals surface area contributed by atoms with Crippen molar-refractivity contribution in [2.75, 3.05) is 0 Å². The SMILES string of the molecule is c1ccc(-c2ccc(-c3cc(-c4ccc5nc(-c6cccc7ccccc67)c6c7ccccc7sc6c5c4)nc(-c4ccccc4)n3)cc2)cc1. The number of benzene rings is 7. The Balaban J connectivity index is 1.17. The number of hydrogen-bond donors (Lipinski definition) is 0. The largest absolute Gasteiger partial charge is 0.247 e. The van der Waals surface area contributed by atoms with Gasteiger partial charge in [-0.25, -0.2) is 15.0 Å². The Labute approximate surface area is 299 Å². The van der Waals surface area contributed by atoms with Gasteiger partial charge in [0.2, 0.25) is 0 Å². The van der Waals surface area contributed by atoms with Gasteiger partial charge in [0, 0.05) is 47.8 Å². The molecule has 0 saturated heterocycles. The highest BCUT2D eigenvalue weighted by Gasteiger charge is 2.19. The fourth-order valence-corrected chi connectivity index (χ4v) is 8.40. The second kappa shape index (κ2) is 12.1. The lowest BCUT2D eigenvalue weighted by molar-refractivity contribution is 1.18. The topological polar surface area (TPSA) is 38.7 Å². The van der Waals surface area contributed by atoms with E-state index in [2.05, 4.69) is 152 Å². The molecule has 3 heterocycles. The summed E-state index contributed by atoms with van der Waals surface area (Å²) in [6.45, 7) is 0. The zero-order chi connectivity index (χ0) is 33.7. The Bertz CT molecular complexity index is 2890. The third kappa shape index (κ3) is 5.16.